The summed E-state index contributed by atoms with van der Waals surface area (Å²) >= 11 is 0. The van der Waals surface area contributed by atoms with E-state index in [2.05, 4.69) is 10.1 Å². The van der Waals surface area contributed by atoms with Gasteiger partial charge >= 0.3 is 5.97 Å². The maximum Gasteiger partial charge on any atom is 0.337 e. The van der Waals surface area contributed by atoms with Crippen molar-refractivity contribution in [3.63, 3.8) is 0 Å². The number of carbonyl (C=O) groups excluding carboxylic acids is 2. The minimum atomic E-state index is -0.377. The lowest BCUT2D eigenvalue weighted by Crippen LogP contribution is -2.44. The SMILES string of the molecule is COC(=O)c1ccc(C2NC(=O)c3ccccc3N2C)cc1. The number of carbonyl (C=O) groups is 2. The average molecular weight is 296 g/mol. The maximum atomic E-state index is 12.2. The van der Waals surface area contributed by atoms with Crippen molar-refractivity contribution < 1.29 is 14.3 Å². The van der Waals surface area contributed by atoms with Crippen LogP contribution in [-0.2, 0) is 4.74 Å². The van der Waals surface area contributed by atoms with Gasteiger partial charge in [-0.1, -0.05) is 24.3 Å². The summed E-state index contributed by atoms with van der Waals surface area (Å²) in [6, 6.07) is 14.5. The molecule has 1 amide bonds. The number of amides is 1. The molecular weight excluding hydrogens is 280 g/mol. The van der Waals surface area contributed by atoms with Crippen LogP contribution in [0.3, 0.4) is 0 Å². The zero-order chi connectivity index (χ0) is 15.7. The predicted molar refractivity (Wildman–Crippen MR) is 82.8 cm³/mol. The predicted octanol–water partition coefficient (Wildman–Crippen LogP) is 2.35. The van der Waals surface area contributed by atoms with E-state index in [1.165, 1.54) is 7.11 Å². The first-order valence-electron chi connectivity index (χ1n) is 6.93. The largest absolute Gasteiger partial charge is 0.465 e. The number of esters is 1. The number of methoxy groups -OCH3 is 1. The second-order valence-electron chi connectivity index (χ2n) is 5.12. The standard InChI is InChI=1S/C17H16N2O3/c1-19-14-6-4-3-5-13(14)16(20)18-15(19)11-7-9-12(10-8-11)17(21)22-2/h3-10,15H,1-2H3,(H,18,20). The molecule has 1 unspecified atom stereocenters. The highest BCUT2D eigenvalue weighted by Crippen LogP contribution is 2.31. The first-order chi connectivity index (χ1) is 10.6. The highest BCUT2D eigenvalue weighted by Gasteiger charge is 2.29. The molecule has 1 aliphatic rings. The van der Waals surface area contributed by atoms with Crippen molar-refractivity contribution in [3.05, 3.63) is 65.2 Å². The smallest absolute Gasteiger partial charge is 0.337 e. The first-order valence-corrected chi connectivity index (χ1v) is 6.93. The summed E-state index contributed by atoms with van der Waals surface area (Å²) in [5, 5.41) is 2.97. The van der Waals surface area contributed by atoms with Crippen LogP contribution in [0.4, 0.5) is 5.69 Å². The van der Waals surface area contributed by atoms with Gasteiger partial charge in [0.05, 0.1) is 23.9 Å². The number of anilines is 1. The molecule has 0 fully saturated rings. The van der Waals surface area contributed by atoms with Crippen molar-refractivity contribution in [2.45, 2.75) is 6.17 Å². The molecule has 1 aliphatic heterocycles. The molecule has 1 atom stereocenters. The third-order valence-corrected chi connectivity index (χ3v) is 3.83. The zero-order valence-corrected chi connectivity index (χ0v) is 12.4. The van der Waals surface area contributed by atoms with Gasteiger partial charge in [-0.3, -0.25) is 4.79 Å². The maximum absolute atomic E-state index is 12.2. The summed E-state index contributed by atoms with van der Waals surface area (Å²) in [5.74, 6) is -0.478. The van der Waals surface area contributed by atoms with Crippen LogP contribution in [0.15, 0.2) is 48.5 Å². The van der Waals surface area contributed by atoms with Crippen molar-refractivity contribution in [3.8, 4) is 0 Å². The van der Waals surface area contributed by atoms with Gasteiger partial charge in [-0.2, -0.15) is 0 Å². The quantitative estimate of drug-likeness (QED) is 0.864. The van der Waals surface area contributed by atoms with Gasteiger partial charge in [-0.25, -0.2) is 4.79 Å². The third kappa shape index (κ3) is 2.30. The minimum absolute atomic E-state index is 0.101. The van der Waals surface area contributed by atoms with Gasteiger partial charge in [0.2, 0.25) is 0 Å². The van der Waals surface area contributed by atoms with Crippen molar-refractivity contribution in [2.75, 3.05) is 19.1 Å². The highest BCUT2D eigenvalue weighted by atomic mass is 16.5. The van der Waals surface area contributed by atoms with Crippen molar-refractivity contribution in [1.82, 2.24) is 5.32 Å². The Hall–Kier alpha value is -2.82. The Labute approximate surface area is 128 Å². The van der Waals surface area contributed by atoms with Gasteiger partial charge in [-0.05, 0) is 29.8 Å². The summed E-state index contributed by atoms with van der Waals surface area (Å²) in [6.07, 6.45) is -0.269. The van der Waals surface area contributed by atoms with E-state index in [-0.39, 0.29) is 18.0 Å². The van der Waals surface area contributed by atoms with E-state index < -0.39 is 0 Å². The summed E-state index contributed by atoms with van der Waals surface area (Å²) in [6.45, 7) is 0. The average Bonchev–Trinajstić information content (AvgIpc) is 2.57. The molecule has 0 bridgehead atoms. The number of benzene rings is 2. The van der Waals surface area contributed by atoms with E-state index >= 15 is 0 Å². The lowest BCUT2D eigenvalue weighted by molar-refractivity contribution is 0.0600. The molecule has 22 heavy (non-hydrogen) atoms. The molecule has 112 valence electrons. The minimum Gasteiger partial charge on any atom is -0.465 e. The molecule has 0 radical (unpaired) electrons. The fourth-order valence-electron chi connectivity index (χ4n) is 2.64. The Kier molecular flexibility index (Phi) is 3.55. The van der Waals surface area contributed by atoms with Crippen LogP contribution in [0.25, 0.3) is 0 Å². The van der Waals surface area contributed by atoms with Gasteiger partial charge in [0.1, 0.15) is 6.17 Å². The zero-order valence-electron chi connectivity index (χ0n) is 12.4. The van der Waals surface area contributed by atoms with Crippen LogP contribution in [0.2, 0.25) is 0 Å². The van der Waals surface area contributed by atoms with Crippen LogP contribution in [0.1, 0.15) is 32.4 Å². The normalized spacial score (nSPS) is 16.7. The van der Waals surface area contributed by atoms with Gasteiger partial charge in [0, 0.05) is 7.05 Å². The van der Waals surface area contributed by atoms with E-state index in [0.717, 1.165) is 11.3 Å². The lowest BCUT2D eigenvalue weighted by Gasteiger charge is -2.36. The number of rotatable bonds is 2. The second-order valence-corrected chi connectivity index (χ2v) is 5.12. The van der Waals surface area contributed by atoms with Crippen LogP contribution in [-0.4, -0.2) is 26.0 Å². The Morgan fingerprint density at radius 2 is 1.82 bits per heavy atom. The van der Waals surface area contributed by atoms with E-state index in [4.69, 9.17) is 0 Å². The molecule has 5 heteroatoms. The second kappa shape index (κ2) is 5.52. The molecule has 0 spiro atoms. The van der Waals surface area contributed by atoms with Crippen LogP contribution in [0.5, 0.6) is 0 Å². The Morgan fingerprint density at radius 1 is 1.14 bits per heavy atom. The van der Waals surface area contributed by atoms with Crippen molar-refractivity contribution in [2.24, 2.45) is 0 Å². The summed E-state index contributed by atoms with van der Waals surface area (Å²) < 4.78 is 4.69. The van der Waals surface area contributed by atoms with Gasteiger partial charge in [-0.15, -0.1) is 0 Å². The van der Waals surface area contributed by atoms with Crippen molar-refractivity contribution in [1.29, 1.82) is 0 Å². The fourth-order valence-corrected chi connectivity index (χ4v) is 2.64. The highest BCUT2D eigenvalue weighted by molar-refractivity contribution is 6.02. The van der Waals surface area contributed by atoms with Gasteiger partial charge in [0.15, 0.2) is 0 Å². The molecule has 0 saturated carbocycles. The summed E-state index contributed by atoms with van der Waals surface area (Å²) in [4.78, 5) is 25.7. The molecule has 0 aromatic heterocycles. The first kappa shape index (κ1) is 14.1. The number of fused-ring (bicyclic) bond motifs is 1. The number of nitrogens with zero attached hydrogens (tertiary/aromatic N) is 1. The summed E-state index contributed by atoms with van der Waals surface area (Å²) in [5.41, 5.74) is 2.93. The van der Waals surface area contributed by atoms with E-state index in [1.807, 2.05) is 42.3 Å². The fraction of sp³-hybridized carbons (Fsp3) is 0.176. The Bertz CT molecular complexity index is 725. The molecule has 2 aromatic rings. The third-order valence-electron chi connectivity index (χ3n) is 3.83. The van der Waals surface area contributed by atoms with E-state index in [9.17, 15) is 9.59 Å². The lowest BCUT2D eigenvalue weighted by atomic mass is 10.0. The number of hydrogen-bond acceptors (Lipinski definition) is 4. The van der Waals surface area contributed by atoms with E-state index in [1.54, 1.807) is 18.2 Å². The molecule has 5 nitrogen and oxygen atoms in total. The molecule has 0 saturated heterocycles. The number of hydrogen-bond donors (Lipinski definition) is 1. The molecular formula is C17H16N2O3. The molecule has 3 rings (SSSR count). The molecule has 2 aromatic carbocycles. The van der Waals surface area contributed by atoms with Gasteiger partial charge in [0.25, 0.3) is 5.91 Å². The molecule has 1 N–H and O–H groups in total. The van der Waals surface area contributed by atoms with Crippen LogP contribution in [0, 0.1) is 0 Å². The van der Waals surface area contributed by atoms with Gasteiger partial charge < -0.3 is 15.0 Å². The number of ether oxygens (including phenoxy) is 1. The van der Waals surface area contributed by atoms with Crippen LogP contribution >= 0.6 is 0 Å². The number of para-hydroxylation sites is 1. The Balaban J connectivity index is 1.93. The number of nitrogens with one attached hydrogen (secondary N) is 1. The van der Waals surface area contributed by atoms with Crippen molar-refractivity contribution >= 4 is 17.6 Å². The summed E-state index contributed by atoms with van der Waals surface area (Å²) in [7, 11) is 3.28. The molecule has 1 heterocycles. The molecule has 0 aliphatic carbocycles. The Morgan fingerprint density at radius 3 is 2.50 bits per heavy atom. The monoisotopic (exact) mass is 296 g/mol. The van der Waals surface area contributed by atoms with Crippen LogP contribution < -0.4 is 10.2 Å². The van der Waals surface area contributed by atoms with E-state index in [0.29, 0.717) is 11.1 Å². The topological polar surface area (TPSA) is 58.6 Å².